The van der Waals surface area contributed by atoms with Crippen LogP contribution in [0.4, 0.5) is 0 Å². The Bertz CT molecular complexity index is 737. The van der Waals surface area contributed by atoms with E-state index < -0.39 is 15.3 Å². The van der Waals surface area contributed by atoms with Crippen LogP contribution in [-0.4, -0.2) is 27.1 Å². The number of methoxy groups -OCH3 is 1. The van der Waals surface area contributed by atoms with Gasteiger partial charge in [-0.1, -0.05) is 13.8 Å². The van der Waals surface area contributed by atoms with Crippen molar-refractivity contribution >= 4 is 15.6 Å². The molecule has 2 bridgehead atoms. The quantitative estimate of drug-likeness (QED) is 0.704. The minimum atomic E-state index is -3.60. The lowest BCUT2D eigenvalue weighted by Crippen LogP contribution is -2.48. The van der Waals surface area contributed by atoms with Gasteiger partial charge in [0.2, 0.25) is 0 Å². The molecule has 3 saturated carbocycles. The summed E-state index contributed by atoms with van der Waals surface area (Å²) in [4.78, 5) is 13.2. The molecule has 0 saturated heterocycles. The number of ketones is 1. The Balaban J connectivity index is 1.70. The van der Waals surface area contributed by atoms with Crippen LogP contribution in [0.2, 0.25) is 0 Å². The van der Waals surface area contributed by atoms with Gasteiger partial charge in [-0.05, 0) is 80.5 Å². The van der Waals surface area contributed by atoms with Crippen molar-refractivity contribution in [1.82, 2.24) is 0 Å². The third-order valence-electron chi connectivity index (χ3n) is 6.57. The van der Waals surface area contributed by atoms with Crippen LogP contribution in [0.1, 0.15) is 58.8 Å². The van der Waals surface area contributed by atoms with Crippen molar-refractivity contribution in [3.63, 3.8) is 0 Å². The molecule has 1 aromatic carbocycles. The van der Waals surface area contributed by atoms with E-state index in [1.165, 1.54) is 25.7 Å². The lowest BCUT2D eigenvalue weighted by Gasteiger charge is -2.53. The lowest BCUT2D eigenvalue weighted by atomic mass is 9.51. The van der Waals surface area contributed by atoms with Gasteiger partial charge >= 0.3 is 0 Å². The van der Waals surface area contributed by atoms with Gasteiger partial charge in [0, 0.05) is 5.41 Å². The van der Waals surface area contributed by atoms with Crippen molar-refractivity contribution in [2.24, 2.45) is 16.7 Å². The highest BCUT2D eigenvalue weighted by molar-refractivity contribution is 7.92. The molecule has 3 fully saturated rings. The third-order valence-corrected chi connectivity index (χ3v) is 8.21. The first-order valence-electron chi connectivity index (χ1n) is 9.61. The number of hydrogen-bond donors (Lipinski definition) is 0. The molecule has 0 radical (unpaired) electrons. The molecular formula is C21H30O4S. The zero-order chi connectivity index (χ0) is 19.0. The van der Waals surface area contributed by atoms with E-state index in [0.29, 0.717) is 17.1 Å². The van der Waals surface area contributed by atoms with Crippen molar-refractivity contribution in [2.45, 2.75) is 63.7 Å². The van der Waals surface area contributed by atoms with Crippen LogP contribution in [0.5, 0.6) is 5.75 Å². The van der Waals surface area contributed by atoms with Crippen LogP contribution in [0.15, 0.2) is 29.2 Å². The van der Waals surface area contributed by atoms with Gasteiger partial charge in [-0.2, -0.15) is 0 Å². The molecule has 3 aliphatic rings. The maximum absolute atomic E-state index is 13.0. The second-order valence-electron chi connectivity index (χ2n) is 8.74. The van der Waals surface area contributed by atoms with Gasteiger partial charge in [0.15, 0.2) is 15.6 Å². The van der Waals surface area contributed by atoms with Crippen LogP contribution in [0.3, 0.4) is 0 Å². The normalized spacial score (nSPS) is 28.3. The standard InChI is InChI=1S/C21H30O4S/c1-16(2)14-20-8-11-21(12-9-20,13-10-20)19(22)15-26(23,24)18-6-4-17(25-3)5-7-18/h4-7,16H,8-15H2,1-3H3. The maximum Gasteiger partial charge on any atom is 0.185 e. The van der Waals surface area contributed by atoms with Crippen molar-refractivity contribution < 1.29 is 17.9 Å². The molecule has 1 aromatic rings. The SMILES string of the molecule is COc1ccc(S(=O)(=O)CC(=O)C23CCC(CC(C)C)(CC2)CC3)cc1. The Kier molecular flexibility index (Phi) is 5.22. The van der Waals surface area contributed by atoms with E-state index in [4.69, 9.17) is 4.74 Å². The zero-order valence-electron chi connectivity index (χ0n) is 16.1. The predicted molar refractivity (Wildman–Crippen MR) is 102 cm³/mol. The summed E-state index contributed by atoms with van der Waals surface area (Å²) in [6, 6.07) is 6.29. The lowest BCUT2D eigenvalue weighted by molar-refractivity contribution is -0.136. The Hall–Kier alpha value is -1.36. The van der Waals surface area contributed by atoms with E-state index >= 15 is 0 Å². The van der Waals surface area contributed by atoms with E-state index in [0.717, 1.165) is 38.5 Å². The molecule has 26 heavy (non-hydrogen) atoms. The van der Waals surface area contributed by atoms with Crippen molar-refractivity contribution in [3.05, 3.63) is 24.3 Å². The predicted octanol–water partition coefficient (Wildman–Crippen LogP) is 4.42. The van der Waals surface area contributed by atoms with E-state index in [2.05, 4.69) is 13.8 Å². The molecule has 0 aromatic heterocycles. The number of carbonyl (C=O) groups excluding carboxylic acids is 1. The average Bonchev–Trinajstić information content (AvgIpc) is 2.62. The molecule has 0 heterocycles. The summed E-state index contributed by atoms with van der Waals surface area (Å²) in [5.74, 6) is 0.823. The van der Waals surface area contributed by atoms with Crippen molar-refractivity contribution in [2.75, 3.05) is 12.9 Å². The largest absolute Gasteiger partial charge is 0.497 e. The smallest absolute Gasteiger partial charge is 0.185 e. The molecule has 4 rings (SSSR count). The maximum atomic E-state index is 13.0. The minimum Gasteiger partial charge on any atom is -0.497 e. The molecule has 3 aliphatic carbocycles. The number of sulfone groups is 1. The Morgan fingerprint density at radius 2 is 1.58 bits per heavy atom. The fourth-order valence-corrected chi connectivity index (χ4v) is 6.41. The van der Waals surface area contributed by atoms with Crippen LogP contribution < -0.4 is 4.74 Å². The van der Waals surface area contributed by atoms with E-state index in [1.807, 2.05) is 0 Å². The molecule has 0 atom stereocenters. The average molecular weight is 379 g/mol. The van der Waals surface area contributed by atoms with Crippen LogP contribution in [0.25, 0.3) is 0 Å². The van der Waals surface area contributed by atoms with Gasteiger partial charge in [-0.25, -0.2) is 8.42 Å². The Labute approximate surface area is 157 Å². The topological polar surface area (TPSA) is 60.4 Å². The molecule has 0 N–H and O–H groups in total. The zero-order valence-corrected chi connectivity index (χ0v) is 16.9. The fraction of sp³-hybridized carbons (Fsp3) is 0.667. The van der Waals surface area contributed by atoms with Crippen LogP contribution >= 0.6 is 0 Å². The molecular weight excluding hydrogens is 348 g/mol. The summed E-state index contributed by atoms with van der Waals surface area (Å²) in [5, 5.41) is 0. The second kappa shape index (κ2) is 6.99. The molecule has 144 valence electrons. The Morgan fingerprint density at radius 3 is 2.04 bits per heavy atom. The molecule has 4 nitrogen and oxygen atoms in total. The highest BCUT2D eigenvalue weighted by Crippen LogP contribution is 2.59. The van der Waals surface area contributed by atoms with Crippen molar-refractivity contribution in [3.8, 4) is 5.75 Å². The first kappa shape index (κ1) is 19.4. The number of Topliss-reactive ketones (excluding diaryl/α,β-unsaturated/α-hetero) is 1. The Morgan fingerprint density at radius 1 is 1.04 bits per heavy atom. The number of fused-ring (bicyclic) bond motifs is 3. The van der Waals surface area contributed by atoms with Gasteiger partial charge < -0.3 is 4.74 Å². The van der Waals surface area contributed by atoms with E-state index in [-0.39, 0.29) is 16.4 Å². The number of carbonyl (C=O) groups is 1. The summed E-state index contributed by atoms with van der Waals surface area (Å²) in [6.45, 7) is 4.52. The third kappa shape index (κ3) is 3.68. The summed E-state index contributed by atoms with van der Waals surface area (Å²) in [5.41, 5.74) is -0.0106. The van der Waals surface area contributed by atoms with E-state index in [9.17, 15) is 13.2 Å². The minimum absolute atomic E-state index is 0.0776. The number of benzene rings is 1. The van der Waals surface area contributed by atoms with E-state index in [1.54, 1.807) is 12.1 Å². The number of rotatable bonds is 7. The highest BCUT2D eigenvalue weighted by Gasteiger charge is 2.52. The van der Waals surface area contributed by atoms with Gasteiger partial charge in [-0.3, -0.25) is 4.79 Å². The molecule has 0 amide bonds. The monoisotopic (exact) mass is 378 g/mol. The number of hydrogen-bond acceptors (Lipinski definition) is 4. The summed E-state index contributed by atoms with van der Waals surface area (Å²) in [7, 11) is -2.06. The van der Waals surface area contributed by atoms with Gasteiger partial charge in [-0.15, -0.1) is 0 Å². The van der Waals surface area contributed by atoms with Gasteiger partial charge in [0.05, 0.1) is 12.0 Å². The van der Waals surface area contributed by atoms with Gasteiger partial charge in [0.1, 0.15) is 11.5 Å². The summed E-state index contributed by atoms with van der Waals surface area (Å²) in [6.07, 6.45) is 7.00. The summed E-state index contributed by atoms with van der Waals surface area (Å²) >= 11 is 0. The molecule has 0 aliphatic heterocycles. The van der Waals surface area contributed by atoms with Crippen LogP contribution in [0, 0.1) is 16.7 Å². The molecule has 5 heteroatoms. The number of ether oxygens (including phenoxy) is 1. The molecule has 0 unspecified atom stereocenters. The first-order valence-corrected chi connectivity index (χ1v) is 11.3. The second-order valence-corrected chi connectivity index (χ2v) is 10.7. The highest BCUT2D eigenvalue weighted by atomic mass is 32.2. The molecule has 0 spiro atoms. The summed E-state index contributed by atoms with van der Waals surface area (Å²) < 4.78 is 30.5. The fourth-order valence-electron chi connectivity index (χ4n) is 5.05. The van der Waals surface area contributed by atoms with Crippen molar-refractivity contribution in [1.29, 1.82) is 0 Å². The van der Waals surface area contributed by atoms with Gasteiger partial charge in [0.25, 0.3) is 0 Å². The first-order chi connectivity index (χ1) is 12.2. The van der Waals surface area contributed by atoms with Crippen LogP contribution in [-0.2, 0) is 14.6 Å².